The number of aliphatic hydroxyl groups excluding tert-OH is 1. The molecule has 9 atom stereocenters. The highest BCUT2D eigenvalue weighted by molar-refractivity contribution is 5.33. The van der Waals surface area contributed by atoms with Gasteiger partial charge in [-0.25, -0.2) is 9.78 Å². The van der Waals surface area contributed by atoms with Crippen molar-refractivity contribution in [2.45, 2.75) is 96.9 Å². The number of rotatable bonds is 4. The summed E-state index contributed by atoms with van der Waals surface area (Å²) >= 11 is 0. The van der Waals surface area contributed by atoms with Crippen LogP contribution in [0.25, 0.3) is 0 Å². The Balaban J connectivity index is 1.46. The van der Waals surface area contributed by atoms with Crippen molar-refractivity contribution < 1.29 is 14.9 Å². The van der Waals surface area contributed by atoms with Gasteiger partial charge in [-0.05, 0) is 67.8 Å². The Hall–Kier alpha value is -0.900. The average Bonchev–Trinajstić information content (AvgIpc) is 3.09. The summed E-state index contributed by atoms with van der Waals surface area (Å²) < 4.78 is 0. The molecule has 172 valence electrons. The van der Waals surface area contributed by atoms with Gasteiger partial charge >= 0.3 is 0 Å². The molecule has 4 aliphatic carbocycles. The maximum atomic E-state index is 10.4. The van der Waals surface area contributed by atoms with Gasteiger partial charge in [0.2, 0.25) is 0 Å². The third-order valence-corrected chi connectivity index (χ3v) is 10.7. The number of hydrogen-bond donors (Lipinski definition) is 1. The first-order valence-corrected chi connectivity index (χ1v) is 12.7. The molecule has 0 aromatic rings. The van der Waals surface area contributed by atoms with Crippen LogP contribution in [0.5, 0.6) is 0 Å². The standard InChI is InChI=1S/C28H42O3/c1-18(2)19(3)7-8-20(4)22-9-10-23-25(22,5)13-12-24-26(6)14-11-21(29)17-27(26)15-16-28(23,24)31-30-27/h7-8,15-16,18,20-24,29H,3,9-14,17H2,1-2,4-6H3/b8-7+/t20-,21+,22-,23-,24-,25-,26-,27-,28+/m1/s1. The van der Waals surface area contributed by atoms with Crippen molar-refractivity contribution in [1.82, 2.24) is 0 Å². The lowest BCUT2D eigenvalue weighted by atomic mass is 9.43. The van der Waals surface area contributed by atoms with E-state index in [-0.39, 0.29) is 22.5 Å². The summed E-state index contributed by atoms with van der Waals surface area (Å²) in [6.45, 7) is 16.0. The van der Waals surface area contributed by atoms with Crippen LogP contribution in [0.4, 0.5) is 0 Å². The molecule has 2 aliphatic heterocycles. The maximum Gasteiger partial charge on any atom is 0.130 e. The first kappa shape index (κ1) is 21.9. The summed E-state index contributed by atoms with van der Waals surface area (Å²) in [6.07, 6.45) is 16.6. The van der Waals surface area contributed by atoms with E-state index in [1.165, 1.54) is 31.3 Å². The predicted molar refractivity (Wildman–Crippen MR) is 124 cm³/mol. The molecular weight excluding hydrogens is 384 g/mol. The van der Waals surface area contributed by atoms with Gasteiger partial charge in [0.25, 0.3) is 0 Å². The first-order valence-electron chi connectivity index (χ1n) is 12.7. The van der Waals surface area contributed by atoms with Crippen molar-refractivity contribution in [3.8, 4) is 0 Å². The second-order valence-corrected chi connectivity index (χ2v) is 12.3. The Morgan fingerprint density at radius 2 is 1.81 bits per heavy atom. The van der Waals surface area contributed by atoms with E-state index >= 15 is 0 Å². The molecular formula is C28H42O3. The summed E-state index contributed by atoms with van der Waals surface area (Å²) in [5.41, 5.74) is 0.785. The minimum Gasteiger partial charge on any atom is -0.393 e. The molecule has 3 saturated carbocycles. The van der Waals surface area contributed by atoms with Gasteiger partial charge in [-0.2, -0.15) is 0 Å². The zero-order valence-electron chi connectivity index (χ0n) is 20.2. The normalized spacial score (nSPS) is 51.6. The molecule has 2 heterocycles. The zero-order valence-corrected chi connectivity index (χ0v) is 20.2. The Kier molecular flexibility index (Phi) is 4.98. The molecule has 0 aromatic heterocycles. The average molecular weight is 427 g/mol. The highest BCUT2D eigenvalue weighted by Crippen LogP contribution is 2.72. The van der Waals surface area contributed by atoms with Crippen molar-refractivity contribution in [3.63, 3.8) is 0 Å². The predicted octanol–water partition coefficient (Wildman–Crippen LogP) is 6.39. The van der Waals surface area contributed by atoms with Gasteiger partial charge in [0.15, 0.2) is 0 Å². The first-order chi connectivity index (χ1) is 14.6. The molecule has 0 unspecified atom stereocenters. The zero-order chi connectivity index (χ0) is 22.2. The van der Waals surface area contributed by atoms with E-state index < -0.39 is 5.60 Å². The molecule has 6 rings (SSSR count). The van der Waals surface area contributed by atoms with Gasteiger partial charge in [-0.1, -0.05) is 65.0 Å². The molecule has 1 N–H and O–H groups in total. The third kappa shape index (κ3) is 2.82. The maximum absolute atomic E-state index is 10.4. The Bertz CT molecular complexity index is 813. The Morgan fingerprint density at radius 1 is 1.03 bits per heavy atom. The van der Waals surface area contributed by atoms with Crippen LogP contribution in [-0.4, -0.2) is 22.4 Å². The van der Waals surface area contributed by atoms with Crippen molar-refractivity contribution in [2.75, 3.05) is 0 Å². The van der Waals surface area contributed by atoms with E-state index in [1.807, 2.05) is 0 Å². The largest absolute Gasteiger partial charge is 0.393 e. The second-order valence-electron chi connectivity index (χ2n) is 12.3. The molecule has 3 heteroatoms. The van der Waals surface area contributed by atoms with Crippen LogP contribution >= 0.6 is 0 Å². The van der Waals surface area contributed by atoms with Crippen LogP contribution in [0.2, 0.25) is 0 Å². The van der Waals surface area contributed by atoms with Gasteiger partial charge < -0.3 is 5.11 Å². The van der Waals surface area contributed by atoms with E-state index in [9.17, 15) is 5.11 Å². The summed E-state index contributed by atoms with van der Waals surface area (Å²) in [6, 6.07) is 0. The van der Waals surface area contributed by atoms with Crippen molar-refractivity contribution in [3.05, 3.63) is 36.5 Å². The summed E-state index contributed by atoms with van der Waals surface area (Å²) in [7, 11) is 0. The van der Waals surface area contributed by atoms with E-state index in [4.69, 9.17) is 9.78 Å². The third-order valence-electron chi connectivity index (χ3n) is 10.7. The summed E-state index contributed by atoms with van der Waals surface area (Å²) in [5, 5.41) is 10.4. The molecule has 3 nitrogen and oxygen atoms in total. The molecule has 4 fully saturated rings. The van der Waals surface area contributed by atoms with E-state index in [0.29, 0.717) is 36.0 Å². The Labute approximate surface area is 188 Å². The second kappa shape index (κ2) is 7.05. The molecule has 0 aromatic carbocycles. The lowest BCUT2D eigenvalue weighted by molar-refractivity contribution is -0.497. The van der Waals surface area contributed by atoms with Crippen LogP contribution in [0.3, 0.4) is 0 Å². The van der Waals surface area contributed by atoms with Crippen LogP contribution in [0.1, 0.15) is 79.6 Å². The monoisotopic (exact) mass is 426 g/mol. The number of fused-ring (bicyclic) bond motifs is 2. The molecule has 6 aliphatic rings. The number of allylic oxidation sites excluding steroid dienone is 3. The quantitative estimate of drug-likeness (QED) is 0.321. The fraction of sp³-hybridized carbons (Fsp3) is 0.786. The highest BCUT2D eigenvalue weighted by Gasteiger charge is 2.74. The van der Waals surface area contributed by atoms with Gasteiger partial charge in [0.05, 0.1) is 6.10 Å². The minimum absolute atomic E-state index is 0.0547. The molecule has 1 saturated heterocycles. The van der Waals surface area contributed by atoms with Crippen LogP contribution < -0.4 is 0 Å². The van der Waals surface area contributed by atoms with E-state index in [0.717, 1.165) is 12.8 Å². The fourth-order valence-electron chi connectivity index (χ4n) is 8.61. The minimum atomic E-state index is -0.448. The van der Waals surface area contributed by atoms with E-state index in [2.05, 4.69) is 65.5 Å². The fourth-order valence-corrected chi connectivity index (χ4v) is 8.61. The summed E-state index contributed by atoms with van der Waals surface area (Å²) in [5.74, 6) is 2.67. The lowest BCUT2D eigenvalue weighted by Crippen LogP contribution is -2.73. The molecule has 2 bridgehead atoms. The van der Waals surface area contributed by atoms with Crippen molar-refractivity contribution in [2.24, 2.45) is 40.4 Å². The van der Waals surface area contributed by atoms with E-state index in [1.54, 1.807) is 0 Å². The Morgan fingerprint density at radius 3 is 2.48 bits per heavy atom. The highest BCUT2D eigenvalue weighted by atomic mass is 17.2. The topological polar surface area (TPSA) is 38.7 Å². The van der Waals surface area contributed by atoms with Crippen LogP contribution in [0, 0.1) is 40.4 Å². The van der Waals surface area contributed by atoms with Gasteiger partial charge in [0, 0.05) is 23.7 Å². The molecule has 31 heavy (non-hydrogen) atoms. The number of aliphatic hydroxyl groups is 1. The smallest absolute Gasteiger partial charge is 0.130 e. The van der Waals surface area contributed by atoms with Crippen molar-refractivity contribution in [1.29, 1.82) is 0 Å². The van der Waals surface area contributed by atoms with Crippen LogP contribution in [-0.2, 0) is 9.78 Å². The van der Waals surface area contributed by atoms with Gasteiger partial charge in [-0.3, -0.25) is 0 Å². The van der Waals surface area contributed by atoms with Gasteiger partial charge in [-0.15, -0.1) is 0 Å². The van der Waals surface area contributed by atoms with Crippen LogP contribution in [0.15, 0.2) is 36.5 Å². The molecule has 0 radical (unpaired) electrons. The van der Waals surface area contributed by atoms with Crippen molar-refractivity contribution >= 4 is 0 Å². The number of hydrogen-bond acceptors (Lipinski definition) is 3. The van der Waals surface area contributed by atoms with Gasteiger partial charge in [0.1, 0.15) is 11.2 Å². The molecule has 2 spiro atoms. The molecule has 0 amide bonds. The summed E-state index contributed by atoms with van der Waals surface area (Å²) in [4.78, 5) is 12.7. The lowest BCUT2D eigenvalue weighted by Gasteiger charge is -2.69. The SMILES string of the molecule is C=C(/C=C/[C@@H](C)[C@H]1CC[C@@H]2[C@]1(C)CC[C@H]1[C@]23C=C[C@]2(C[C@@H](O)CC[C@]12C)OO3)C(C)C.